The Labute approximate surface area is 189 Å². The van der Waals surface area contributed by atoms with Gasteiger partial charge in [0.15, 0.2) is 0 Å². The molecule has 1 fully saturated rings. The summed E-state index contributed by atoms with van der Waals surface area (Å²) in [5.41, 5.74) is 2.64. The highest BCUT2D eigenvalue weighted by atomic mass is 16.2. The van der Waals surface area contributed by atoms with Crippen LogP contribution in [0.5, 0.6) is 0 Å². The Balaban J connectivity index is 1.46. The Morgan fingerprint density at radius 2 is 1.50 bits per heavy atom. The van der Waals surface area contributed by atoms with Crippen molar-refractivity contribution in [2.45, 2.75) is 57.9 Å². The quantitative estimate of drug-likeness (QED) is 0.464. The van der Waals surface area contributed by atoms with Crippen LogP contribution in [0.3, 0.4) is 0 Å². The van der Waals surface area contributed by atoms with Crippen LogP contribution in [-0.2, 0) is 9.59 Å². The number of nitrogens with one attached hydrogen (secondary N) is 4. The fourth-order valence-corrected chi connectivity index (χ4v) is 3.76. The van der Waals surface area contributed by atoms with Crippen LogP contribution in [0.4, 0.5) is 17.1 Å². The highest BCUT2D eigenvalue weighted by Crippen LogP contribution is 2.19. The minimum atomic E-state index is -0.204. The molecule has 3 amide bonds. The van der Waals surface area contributed by atoms with E-state index in [0.29, 0.717) is 29.0 Å². The van der Waals surface area contributed by atoms with Gasteiger partial charge >= 0.3 is 0 Å². The second-order valence-corrected chi connectivity index (χ2v) is 8.17. The average Bonchev–Trinajstić information content (AvgIpc) is 2.80. The summed E-state index contributed by atoms with van der Waals surface area (Å²) in [4.78, 5) is 36.5. The second kappa shape index (κ2) is 11.9. The molecule has 2 aromatic rings. The first-order chi connectivity index (χ1) is 15.5. The van der Waals surface area contributed by atoms with E-state index in [-0.39, 0.29) is 30.3 Å². The first-order valence-corrected chi connectivity index (χ1v) is 11.4. The molecule has 0 atom stereocenters. The molecule has 0 saturated heterocycles. The normalized spacial score (nSPS) is 13.8. The van der Waals surface area contributed by atoms with Crippen LogP contribution in [-0.4, -0.2) is 30.3 Å². The van der Waals surface area contributed by atoms with Crippen LogP contribution in [0, 0.1) is 0 Å². The molecule has 32 heavy (non-hydrogen) atoms. The molecule has 0 unspecified atom stereocenters. The zero-order valence-corrected chi connectivity index (χ0v) is 18.6. The second-order valence-electron chi connectivity index (χ2n) is 8.17. The number of hydrogen-bond acceptors (Lipinski definition) is 4. The Morgan fingerprint density at radius 3 is 2.16 bits per heavy atom. The van der Waals surface area contributed by atoms with Gasteiger partial charge in [-0.3, -0.25) is 14.4 Å². The molecule has 0 aliphatic heterocycles. The molecule has 0 bridgehead atoms. The summed E-state index contributed by atoms with van der Waals surface area (Å²) in [5, 5.41) is 11.8. The van der Waals surface area contributed by atoms with Crippen molar-refractivity contribution in [2.75, 3.05) is 22.5 Å². The molecule has 0 radical (unpaired) electrons. The van der Waals surface area contributed by atoms with Crippen LogP contribution < -0.4 is 21.3 Å². The van der Waals surface area contributed by atoms with Gasteiger partial charge in [-0.1, -0.05) is 32.3 Å². The zero-order chi connectivity index (χ0) is 22.8. The van der Waals surface area contributed by atoms with Crippen molar-refractivity contribution in [2.24, 2.45) is 0 Å². The van der Waals surface area contributed by atoms with E-state index in [4.69, 9.17) is 0 Å². The van der Waals surface area contributed by atoms with E-state index < -0.39 is 0 Å². The molecule has 7 heteroatoms. The van der Waals surface area contributed by atoms with Gasteiger partial charge in [0, 0.05) is 35.1 Å². The summed E-state index contributed by atoms with van der Waals surface area (Å²) < 4.78 is 0. The predicted octanol–water partition coefficient (Wildman–Crippen LogP) is 4.54. The largest absolute Gasteiger partial charge is 0.376 e. The van der Waals surface area contributed by atoms with Crippen molar-refractivity contribution >= 4 is 34.8 Å². The van der Waals surface area contributed by atoms with Crippen LogP contribution >= 0.6 is 0 Å². The van der Waals surface area contributed by atoms with E-state index in [1.165, 1.54) is 6.42 Å². The SMILES string of the molecule is CCCC(=O)Nc1ccc(NC(=O)CNc2cccc(C(=O)NC3CCCCC3)c2)cc1. The van der Waals surface area contributed by atoms with Gasteiger partial charge in [0.2, 0.25) is 11.8 Å². The third kappa shape index (κ3) is 7.41. The molecule has 4 N–H and O–H groups in total. The van der Waals surface area contributed by atoms with Crippen molar-refractivity contribution in [3.05, 3.63) is 54.1 Å². The summed E-state index contributed by atoms with van der Waals surface area (Å²) in [6.45, 7) is 2.03. The summed E-state index contributed by atoms with van der Waals surface area (Å²) >= 11 is 0. The minimum absolute atomic E-state index is 0.0249. The van der Waals surface area contributed by atoms with Gasteiger partial charge in [-0.2, -0.15) is 0 Å². The molecular formula is C25H32N4O3. The zero-order valence-electron chi connectivity index (χ0n) is 18.6. The number of carbonyl (C=O) groups is 3. The summed E-state index contributed by atoms with van der Waals surface area (Å²) in [5.74, 6) is -0.302. The number of anilines is 3. The fourth-order valence-electron chi connectivity index (χ4n) is 3.76. The molecule has 3 rings (SSSR count). The van der Waals surface area contributed by atoms with Gasteiger partial charge in [-0.05, 0) is 61.7 Å². The fraction of sp³-hybridized carbons (Fsp3) is 0.400. The molecule has 7 nitrogen and oxygen atoms in total. The third-order valence-corrected chi connectivity index (χ3v) is 5.45. The number of carbonyl (C=O) groups excluding carboxylic acids is 3. The van der Waals surface area contributed by atoms with Crippen LogP contribution in [0.25, 0.3) is 0 Å². The minimum Gasteiger partial charge on any atom is -0.376 e. The summed E-state index contributed by atoms with van der Waals surface area (Å²) in [6.07, 6.45) is 6.92. The van der Waals surface area contributed by atoms with E-state index in [1.54, 1.807) is 36.4 Å². The standard InChI is InChI=1S/C25H32N4O3/c1-2-7-23(30)27-20-12-14-21(15-13-20)28-24(31)17-26-22-11-6-8-18(16-22)25(32)29-19-9-4-3-5-10-19/h6,8,11-16,19,26H,2-5,7,9-10,17H2,1H3,(H,27,30)(H,28,31)(H,29,32). The highest BCUT2D eigenvalue weighted by Gasteiger charge is 2.16. The first-order valence-electron chi connectivity index (χ1n) is 11.4. The van der Waals surface area contributed by atoms with Gasteiger partial charge < -0.3 is 21.3 Å². The van der Waals surface area contributed by atoms with E-state index in [2.05, 4.69) is 21.3 Å². The van der Waals surface area contributed by atoms with Crippen molar-refractivity contribution < 1.29 is 14.4 Å². The van der Waals surface area contributed by atoms with Crippen molar-refractivity contribution in [3.8, 4) is 0 Å². The smallest absolute Gasteiger partial charge is 0.251 e. The monoisotopic (exact) mass is 436 g/mol. The van der Waals surface area contributed by atoms with Gasteiger partial charge in [-0.25, -0.2) is 0 Å². The molecule has 0 aromatic heterocycles. The summed E-state index contributed by atoms with van der Waals surface area (Å²) in [6, 6.07) is 14.4. The van der Waals surface area contributed by atoms with Gasteiger partial charge in [0.1, 0.15) is 0 Å². The maximum Gasteiger partial charge on any atom is 0.251 e. The number of amides is 3. The van der Waals surface area contributed by atoms with E-state index in [9.17, 15) is 14.4 Å². The molecule has 2 aromatic carbocycles. The van der Waals surface area contributed by atoms with Crippen molar-refractivity contribution in [1.82, 2.24) is 5.32 Å². The molecule has 1 aliphatic carbocycles. The number of hydrogen-bond donors (Lipinski definition) is 4. The number of benzene rings is 2. The van der Waals surface area contributed by atoms with E-state index in [1.807, 2.05) is 19.1 Å². The average molecular weight is 437 g/mol. The van der Waals surface area contributed by atoms with Crippen LogP contribution in [0.2, 0.25) is 0 Å². The topological polar surface area (TPSA) is 99.3 Å². The Kier molecular flexibility index (Phi) is 8.66. The van der Waals surface area contributed by atoms with Gasteiger partial charge in [-0.15, -0.1) is 0 Å². The molecular weight excluding hydrogens is 404 g/mol. The lowest BCUT2D eigenvalue weighted by molar-refractivity contribution is -0.116. The van der Waals surface area contributed by atoms with E-state index >= 15 is 0 Å². The molecule has 1 saturated carbocycles. The molecule has 1 aliphatic rings. The molecule has 0 spiro atoms. The molecule has 0 heterocycles. The van der Waals surface area contributed by atoms with E-state index in [0.717, 1.165) is 32.1 Å². The van der Waals surface area contributed by atoms with Gasteiger partial charge in [0.05, 0.1) is 6.54 Å². The number of rotatable bonds is 9. The predicted molar refractivity (Wildman–Crippen MR) is 128 cm³/mol. The summed E-state index contributed by atoms with van der Waals surface area (Å²) in [7, 11) is 0. The third-order valence-electron chi connectivity index (χ3n) is 5.45. The van der Waals surface area contributed by atoms with Crippen molar-refractivity contribution in [3.63, 3.8) is 0 Å². The van der Waals surface area contributed by atoms with Gasteiger partial charge in [0.25, 0.3) is 5.91 Å². The molecule has 170 valence electrons. The Bertz CT molecular complexity index is 921. The van der Waals surface area contributed by atoms with Crippen LogP contribution in [0.1, 0.15) is 62.2 Å². The van der Waals surface area contributed by atoms with Crippen LogP contribution in [0.15, 0.2) is 48.5 Å². The highest BCUT2D eigenvalue weighted by molar-refractivity contribution is 5.96. The first kappa shape index (κ1) is 23.3. The lowest BCUT2D eigenvalue weighted by Gasteiger charge is -2.22. The lowest BCUT2D eigenvalue weighted by atomic mass is 9.95. The maximum absolute atomic E-state index is 12.5. The lowest BCUT2D eigenvalue weighted by Crippen LogP contribution is -2.36. The Morgan fingerprint density at radius 1 is 0.844 bits per heavy atom. The Hall–Kier alpha value is -3.35. The maximum atomic E-state index is 12.5. The van der Waals surface area contributed by atoms with Crippen molar-refractivity contribution in [1.29, 1.82) is 0 Å².